The maximum Gasteiger partial charge on any atom is 0.276 e. The van der Waals surface area contributed by atoms with Gasteiger partial charge in [0.2, 0.25) is 5.91 Å². The first-order valence-corrected chi connectivity index (χ1v) is 11.3. The van der Waals surface area contributed by atoms with E-state index in [9.17, 15) is 14.0 Å². The Bertz CT molecular complexity index is 1230. The zero-order valence-electron chi connectivity index (χ0n) is 18.5. The van der Waals surface area contributed by atoms with Gasteiger partial charge in [0, 0.05) is 37.3 Å². The highest BCUT2D eigenvalue weighted by Crippen LogP contribution is 2.32. The molecule has 0 radical (unpaired) electrons. The van der Waals surface area contributed by atoms with Crippen molar-refractivity contribution in [1.82, 2.24) is 24.4 Å². The molecule has 1 N–H and O–H groups in total. The molecule has 2 aliphatic rings. The zero-order valence-corrected chi connectivity index (χ0v) is 18.5. The van der Waals surface area contributed by atoms with Gasteiger partial charge in [-0.15, -0.1) is 0 Å². The highest BCUT2D eigenvalue weighted by Gasteiger charge is 2.32. The van der Waals surface area contributed by atoms with Crippen molar-refractivity contribution in [3.63, 3.8) is 0 Å². The topological polar surface area (TPSA) is 73.7 Å². The molecule has 2 aliphatic heterocycles. The number of benzene rings is 1. The molecule has 0 aliphatic carbocycles. The fourth-order valence-electron chi connectivity index (χ4n) is 4.94. The molecule has 2 aromatic heterocycles. The minimum Gasteiger partial charge on any atom is -0.334 e. The predicted molar refractivity (Wildman–Crippen MR) is 119 cm³/mol. The maximum atomic E-state index is 14.0. The second-order valence-electron chi connectivity index (χ2n) is 9.07. The molecule has 1 amide bonds. The van der Waals surface area contributed by atoms with Crippen LogP contribution in [0.3, 0.4) is 0 Å². The van der Waals surface area contributed by atoms with E-state index in [0.29, 0.717) is 36.8 Å². The Kier molecular flexibility index (Phi) is 5.33. The SMILES string of the molecule is CC(C)N1CCc2c(nc3cc(C4CCCN4C(=O)Cc4ccccc4F)[nH]n3c2=O)C1. The van der Waals surface area contributed by atoms with Crippen LogP contribution in [0.1, 0.15) is 55.2 Å². The molecular weight excluding hydrogens is 409 g/mol. The van der Waals surface area contributed by atoms with E-state index in [4.69, 9.17) is 4.98 Å². The molecule has 1 fully saturated rings. The lowest BCUT2D eigenvalue weighted by Gasteiger charge is -2.30. The Balaban J connectivity index is 1.44. The fraction of sp³-hybridized carbons (Fsp3) is 0.458. The van der Waals surface area contributed by atoms with E-state index in [0.717, 1.165) is 36.3 Å². The summed E-state index contributed by atoms with van der Waals surface area (Å²) in [4.78, 5) is 35.0. The van der Waals surface area contributed by atoms with E-state index in [1.807, 2.05) is 6.07 Å². The van der Waals surface area contributed by atoms with E-state index < -0.39 is 0 Å². The number of carbonyl (C=O) groups is 1. The number of rotatable bonds is 4. The van der Waals surface area contributed by atoms with Crippen LogP contribution in [-0.4, -0.2) is 49.4 Å². The summed E-state index contributed by atoms with van der Waals surface area (Å²) in [5.41, 5.74) is 3.35. The number of aromatic amines is 1. The van der Waals surface area contributed by atoms with Crippen molar-refractivity contribution >= 4 is 11.6 Å². The molecule has 0 bridgehead atoms. The molecule has 0 saturated carbocycles. The van der Waals surface area contributed by atoms with Crippen LogP contribution >= 0.6 is 0 Å². The summed E-state index contributed by atoms with van der Waals surface area (Å²) in [7, 11) is 0. The van der Waals surface area contributed by atoms with Crippen LogP contribution in [0.2, 0.25) is 0 Å². The van der Waals surface area contributed by atoms with Gasteiger partial charge in [-0.25, -0.2) is 13.9 Å². The summed E-state index contributed by atoms with van der Waals surface area (Å²) in [6.45, 7) is 6.45. The minimum atomic E-state index is -0.362. The lowest BCUT2D eigenvalue weighted by atomic mass is 10.1. The number of halogens is 1. The minimum absolute atomic E-state index is 0.0287. The van der Waals surface area contributed by atoms with Gasteiger partial charge in [-0.05, 0) is 44.7 Å². The van der Waals surface area contributed by atoms with Crippen molar-refractivity contribution < 1.29 is 9.18 Å². The molecule has 32 heavy (non-hydrogen) atoms. The monoisotopic (exact) mass is 437 g/mol. The van der Waals surface area contributed by atoms with E-state index >= 15 is 0 Å². The Labute approximate surface area is 185 Å². The normalized spacial score (nSPS) is 19.1. The molecule has 0 spiro atoms. The van der Waals surface area contributed by atoms with Gasteiger partial charge >= 0.3 is 0 Å². The van der Waals surface area contributed by atoms with Gasteiger partial charge in [0.15, 0.2) is 5.65 Å². The largest absolute Gasteiger partial charge is 0.334 e. The summed E-state index contributed by atoms with van der Waals surface area (Å²) >= 11 is 0. The number of hydrogen-bond acceptors (Lipinski definition) is 4. The van der Waals surface area contributed by atoms with Crippen LogP contribution in [0, 0.1) is 5.82 Å². The number of likely N-dealkylation sites (tertiary alicyclic amines) is 1. The molecule has 7 nitrogen and oxygen atoms in total. The Morgan fingerprint density at radius 1 is 1.28 bits per heavy atom. The van der Waals surface area contributed by atoms with Crippen LogP contribution in [0.25, 0.3) is 5.65 Å². The lowest BCUT2D eigenvalue weighted by Crippen LogP contribution is -2.39. The number of carbonyl (C=O) groups excluding carboxylic acids is 1. The summed E-state index contributed by atoms with van der Waals surface area (Å²) in [6, 6.07) is 8.51. The third kappa shape index (κ3) is 3.62. The van der Waals surface area contributed by atoms with Gasteiger partial charge in [-0.2, -0.15) is 0 Å². The molecule has 3 aromatic rings. The van der Waals surface area contributed by atoms with Crippen LogP contribution in [0.15, 0.2) is 35.1 Å². The quantitative estimate of drug-likeness (QED) is 0.681. The standard InChI is InChI=1S/C24H28FN5O2/c1-15(2)28-11-9-17-20(14-28)26-22-13-19(27-30(22)24(17)32)21-8-5-10-29(21)23(31)12-16-6-3-4-7-18(16)25/h3-4,6-7,13,15,21,27H,5,8-12,14H2,1-2H3. The van der Waals surface area contributed by atoms with E-state index in [2.05, 4.69) is 23.8 Å². The Morgan fingerprint density at radius 2 is 2.09 bits per heavy atom. The van der Waals surface area contributed by atoms with E-state index in [1.165, 1.54) is 10.6 Å². The van der Waals surface area contributed by atoms with E-state index in [1.54, 1.807) is 23.1 Å². The number of aromatic nitrogens is 3. The first-order valence-electron chi connectivity index (χ1n) is 11.3. The highest BCUT2D eigenvalue weighted by molar-refractivity contribution is 5.79. The summed E-state index contributed by atoms with van der Waals surface area (Å²) in [6.07, 6.45) is 2.38. The van der Waals surface area contributed by atoms with Crippen LogP contribution in [0.5, 0.6) is 0 Å². The average molecular weight is 438 g/mol. The highest BCUT2D eigenvalue weighted by atomic mass is 19.1. The number of nitrogens with one attached hydrogen (secondary N) is 1. The van der Waals surface area contributed by atoms with E-state index in [-0.39, 0.29) is 29.7 Å². The van der Waals surface area contributed by atoms with Gasteiger partial charge < -0.3 is 4.90 Å². The van der Waals surface area contributed by atoms with Crippen molar-refractivity contribution in [3.05, 3.63) is 69.0 Å². The summed E-state index contributed by atoms with van der Waals surface area (Å²) < 4.78 is 15.6. The maximum absolute atomic E-state index is 14.0. The Morgan fingerprint density at radius 3 is 2.88 bits per heavy atom. The van der Waals surface area contributed by atoms with Gasteiger partial charge in [0.05, 0.1) is 23.9 Å². The molecular formula is C24H28FN5O2. The average Bonchev–Trinajstić information content (AvgIpc) is 3.42. The number of H-pyrrole nitrogens is 1. The van der Waals surface area contributed by atoms with Gasteiger partial charge in [-0.3, -0.25) is 19.6 Å². The van der Waals surface area contributed by atoms with Gasteiger partial charge in [0.25, 0.3) is 5.56 Å². The first-order chi connectivity index (χ1) is 15.4. The molecule has 1 atom stereocenters. The van der Waals surface area contributed by atoms with Crippen molar-refractivity contribution in [2.45, 2.75) is 58.2 Å². The van der Waals surface area contributed by atoms with Crippen LogP contribution in [0.4, 0.5) is 4.39 Å². The second kappa shape index (κ2) is 8.16. The molecule has 168 valence electrons. The van der Waals surface area contributed by atoms with Crippen molar-refractivity contribution in [2.24, 2.45) is 0 Å². The lowest BCUT2D eigenvalue weighted by molar-refractivity contribution is -0.131. The van der Waals surface area contributed by atoms with Crippen LogP contribution < -0.4 is 5.56 Å². The first kappa shape index (κ1) is 20.9. The number of hydrogen-bond donors (Lipinski definition) is 1. The molecule has 5 rings (SSSR count). The summed E-state index contributed by atoms with van der Waals surface area (Å²) in [5, 5.41) is 3.21. The molecule has 1 unspecified atom stereocenters. The number of fused-ring (bicyclic) bond motifs is 2. The number of nitrogens with zero attached hydrogens (tertiary/aromatic N) is 4. The van der Waals surface area contributed by atoms with Crippen molar-refractivity contribution in [1.29, 1.82) is 0 Å². The van der Waals surface area contributed by atoms with Gasteiger partial charge in [0.1, 0.15) is 5.82 Å². The summed E-state index contributed by atoms with van der Waals surface area (Å²) in [5.74, 6) is -0.470. The molecule has 4 heterocycles. The molecule has 1 aromatic carbocycles. The smallest absolute Gasteiger partial charge is 0.276 e. The molecule has 8 heteroatoms. The van der Waals surface area contributed by atoms with Crippen molar-refractivity contribution in [3.8, 4) is 0 Å². The predicted octanol–water partition coefficient (Wildman–Crippen LogP) is 2.83. The van der Waals surface area contributed by atoms with Crippen LogP contribution in [-0.2, 0) is 24.2 Å². The Hall–Kier alpha value is -3.00. The fourth-order valence-corrected chi connectivity index (χ4v) is 4.94. The van der Waals surface area contributed by atoms with Crippen molar-refractivity contribution in [2.75, 3.05) is 13.1 Å². The third-order valence-corrected chi connectivity index (χ3v) is 6.78. The van der Waals surface area contributed by atoms with Gasteiger partial charge in [-0.1, -0.05) is 18.2 Å². The zero-order chi connectivity index (χ0) is 22.4. The molecule has 1 saturated heterocycles. The second-order valence-corrected chi connectivity index (χ2v) is 9.07. The number of amides is 1. The third-order valence-electron chi connectivity index (χ3n) is 6.78.